The number of likely N-dealkylation sites (N-methyl/N-ethyl adjacent to an activating group) is 1. The van der Waals surface area contributed by atoms with Crippen LogP contribution >= 0.6 is 0 Å². The minimum Gasteiger partial charge on any atom is -0.495 e. The molecule has 0 aliphatic rings. The molecule has 110 valence electrons. The first-order valence-corrected chi connectivity index (χ1v) is 6.45. The molecule has 6 heteroatoms. The molecule has 1 aromatic rings. The summed E-state index contributed by atoms with van der Waals surface area (Å²) in [7, 11) is 3.05. The predicted molar refractivity (Wildman–Crippen MR) is 77.7 cm³/mol. The van der Waals surface area contributed by atoms with E-state index in [-0.39, 0.29) is 24.0 Å². The molecule has 0 unspecified atom stereocenters. The van der Waals surface area contributed by atoms with E-state index in [2.05, 4.69) is 5.32 Å². The first-order chi connectivity index (χ1) is 9.51. The van der Waals surface area contributed by atoms with Gasteiger partial charge in [0.1, 0.15) is 5.75 Å². The maximum absolute atomic E-state index is 12.3. The fraction of sp³-hybridized carbons (Fsp3) is 0.429. The van der Waals surface area contributed by atoms with E-state index in [1.807, 2.05) is 6.92 Å². The summed E-state index contributed by atoms with van der Waals surface area (Å²) in [6.45, 7) is 2.56. The van der Waals surface area contributed by atoms with E-state index in [0.29, 0.717) is 17.9 Å². The Morgan fingerprint density at radius 2 is 2.10 bits per heavy atom. The van der Waals surface area contributed by atoms with Gasteiger partial charge in [0.05, 0.1) is 24.9 Å². The number of carbonyl (C=O) groups is 2. The molecule has 0 saturated carbocycles. The van der Waals surface area contributed by atoms with Crippen LogP contribution in [0.25, 0.3) is 0 Å². The number of hydrogen-bond donors (Lipinski definition) is 2. The average molecular weight is 279 g/mol. The number of anilines is 1. The van der Waals surface area contributed by atoms with Crippen LogP contribution in [0, 0.1) is 0 Å². The van der Waals surface area contributed by atoms with Crippen molar-refractivity contribution in [3.8, 4) is 5.75 Å². The molecule has 0 aliphatic carbocycles. The summed E-state index contributed by atoms with van der Waals surface area (Å²) < 4.78 is 5.07. The number of nitrogens with zero attached hydrogens (tertiary/aromatic N) is 1. The molecule has 1 aromatic carbocycles. The van der Waals surface area contributed by atoms with Crippen molar-refractivity contribution >= 4 is 17.5 Å². The highest BCUT2D eigenvalue weighted by atomic mass is 16.5. The number of carbonyl (C=O) groups excluding carboxylic acids is 2. The lowest BCUT2D eigenvalue weighted by Gasteiger charge is -2.18. The van der Waals surface area contributed by atoms with E-state index in [0.717, 1.165) is 6.42 Å². The average Bonchev–Trinajstić information content (AvgIpc) is 2.44. The number of ether oxygens (including phenoxy) is 1. The molecule has 0 aliphatic heterocycles. The van der Waals surface area contributed by atoms with Gasteiger partial charge in [-0.1, -0.05) is 13.0 Å². The Kier molecular flexibility index (Phi) is 5.83. The quantitative estimate of drug-likeness (QED) is 0.757. The highest BCUT2D eigenvalue weighted by Crippen LogP contribution is 2.25. The lowest BCUT2D eigenvalue weighted by molar-refractivity contribution is -0.121. The zero-order valence-electron chi connectivity index (χ0n) is 12.1. The second-order valence-electron chi connectivity index (χ2n) is 4.43. The number of nitrogens with two attached hydrogens (primary N) is 1. The van der Waals surface area contributed by atoms with Gasteiger partial charge in [-0.2, -0.15) is 0 Å². The summed E-state index contributed by atoms with van der Waals surface area (Å²) in [5, 5.41) is 2.72. The normalized spacial score (nSPS) is 9.95. The number of nitrogens with one attached hydrogen (secondary N) is 1. The summed E-state index contributed by atoms with van der Waals surface area (Å²) in [6, 6.07) is 4.98. The second kappa shape index (κ2) is 7.37. The van der Waals surface area contributed by atoms with E-state index in [1.165, 1.54) is 12.0 Å². The Hall–Kier alpha value is -2.24. The molecular formula is C14H21N3O3. The first-order valence-electron chi connectivity index (χ1n) is 6.45. The first kappa shape index (κ1) is 15.8. The van der Waals surface area contributed by atoms with Crippen molar-refractivity contribution in [2.45, 2.75) is 13.3 Å². The van der Waals surface area contributed by atoms with Crippen molar-refractivity contribution in [3.05, 3.63) is 23.8 Å². The van der Waals surface area contributed by atoms with E-state index in [1.54, 1.807) is 25.2 Å². The minimum absolute atomic E-state index is 0.00448. The molecule has 0 radical (unpaired) electrons. The molecule has 0 saturated heterocycles. The van der Waals surface area contributed by atoms with Crippen LogP contribution in [0.15, 0.2) is 18.2 Å². The smallest absolute Gasteiger partial charge is 0.256 e. The van der Waals surface area contributed by atoms with Gasteiger partial charge in [-0.05, 0) is 18.6 Å². The summed E-state index contributed by atoms with van der Waals surface area (Å²) >= 11 is 0. The van der Waals surface area contributed by atoms with Crippen LogP contribution < -0.4 is 15.8 Å². The number of rotatable bonds is 6. The van der Waals surface area contributed by atoms with Crippen LogP contribution in [0.5, 0.6) is 5.75 Å². The Bertz CT molecular complexity index is 489. The molecule has 3 N–H and O–H groups in total. The van der Waals surface area contributed by atoms with Gasteiger partial charge in [-0.15, -0.1) is 0 Å². The molecule has 0 spiro atoms. The van der Waals surface area contributed by atoms with Gasteiger partial charge in [-0.3, -0.25) is 9.59 Å². The number of nitrogen functional groups attached to an aromatic ring is 1. The van der Waals surface area contributed by atoms with Gasteiger partial charge in [-0.25, -0.2) is 0 Å². The fourth-order valence-electron chi connectivity index (χ4n) is 1.72. The lowest BCUT2D eigenvalue weighted by Crippen LogP contribution is -2.38. The summed E-state index contributed by atoms with van der Waals surface area (Å²) in [4.78, 5) is 25.2. The van der Waals surface area contributed by atoms with Crippen LogP contribution in [0.1, 0.15) is 23.7 Å². The van der Waals surface area contributed by atoms with Crippen LogP contribution in [-0.4, -0.2) is 44.0 Å². The van der Waals surface area contributed by atoms with E-state index < -0.39 is 0 Å². The fourth-order valence-corrected chi connectivity index (χ4v) is 1.72. The Morgan fingerprint density at radius 3 is 2.70 bits per heavy atom. The Morgan fingerprint density at radius 1 is 1.40 bits per heavy atom. The molecule has 20 heavy (non-hydrogen) atoms. The predicted octanol–water partition coefficient (Wildman–Crippen LogP) is 0.876. The number of hydrogen-bond acceptors (Lipinski definition) is 4. The molecule has 0 bridgehead atoms. The third kappa shape index (κ3) is 3.88. The maximum Gasteiger partial charge on any atom is 0.256 e. The summed E-state index contributed by atoms with van der Waals surface area (Å²) in [5.41, 5.74) is 6.48. The Balaban J connectivity index is 2.77. The van der Waals surface area contributed by atoms with Crippen molar-refractivity contribution in [3.63, 3.8) is 0 Å². The van der Waals surface area contributed by atoms with Crippen LogP contribution in [0.2, 0.25) is 0 Å². The second-order valence-corrected chi connectivity index (χ2v) is 4.43. The lowest BCUT2D eigenvalue weighted by atomic mass is 10.1. The molecule has 0 aromatic heterocycles. The van der Waals surface area contributed by atoms with Crippen LogP contribution in [0.3, 0.4) is 0 Å². The molecule has 1 rings (SSSR count). The minimum atomic E-state index is -0.312. The number of methoxy groups -OCH3 is 1. The van der Waals surface area contributed by atoms with Crippen LogP contribution in [-0.2, 0) is 4.79 Å². The number of amides is 2. The highest BCUT2D eigenvalue weighted by Gasteiger charge is 2.18. The largest absolute Gasteiger partial charge is 0.495 e. The molecule has 0 fully saturated rings. The van der Waals surface area contributed by atoms with Gasteiger partial charge >= 0.3 is 0 Å². The van der Waals surface area contributed by atoms with E-state index in [9.17, 15) is 9.59 Å². The zero-order chi connectivity index (χ0) is 15.1. The third-order valence-corrected chi connectivity index (χ3v) is 2.82. The number of para-hydroxylation sites is 1. The van der Waals surface area contributed by atoms with Crippen molar-refractivity contribution in [2.75, 3.05) is 33.0 Å². The van der Waals surface area contributed by atoms with Gasteiger partial charge in [0.15, 0.2) is 0 Å². The number of benzene rings is 1. The SMILES string of the molecule is CCCNC(=O)CN(C)C(=O)c1cccc(OC)c1N. The third-order valence-electron chi connectivity index (χ3n) is 2.82. The molecule has 0 atom stereocenters. The standard InChI is InChI=1S/C14H21N3O3/c1-4-8-16-12(18)9-17(2)14(19)10-6-5-7-11(20-3)13(10)15/h5-7H,4,8-9,15H2,1-3H3,(H,16,18). The topological polar surface area (TPSA) is 84.7 Å². The van der Waals surface area contributed by atoms with Gasteiger partial charge in [0, 0.05) is 13.6 Å². The summed E-state index contributed by atoms with van der Waals surface area (Å²) in [5.74, 6) is -0.0584. The maximum atomic E-state index is 12.3. The molecule has 0 heterocycles. The van der Waals surface area contributed by atoms with Gasteiger partial charge in [0.2, 0.25) is 5.91 Å². The summed E-state index contributed by atoms with van der Waals surface area (Å²) in [6.07, 6.45) is 0.853. The highest BCUT2D eigenvalue weighted by molar-refractivity contribution is 6.01. The van der Waals surface area contributed by atoms with Gasteiger partial charge < -0.3 is 20.7 Å². The zero-order valence-corrected chi connectivity index (χ0v) is 12.1. The van der Waals surface area contributed by atoms with Crippen LogP contribution in [0.4, 0.5) is 5.69 Å². The monoisotopic (exact) mass is 279 g/mol. The molecular weight excluding hydrogens is 258 g/mol. The van der Waals surface area contributed by atoms with Crippen molar-refractivity contribution in [1.29, 1.82) is 0 Å². The molecule has 2 amide bonds. The van der Waals surface area contributed by atoms with E-state index in [4.69, 9.17) is 10.5 Å². The van der Waals surface area contributed by atoms with Crippen molar-refractivity contribution < 1.29 is 14.3 Å². The molecule has 6 nitrogen and oxygen atoms in total. The van der Waals surface area contributed by atoms with Crippen molar-refractivity contribution in [2.24, 2.45) is 0 Å². The Labute approximate surface area is 118 Å². The van der Waals surface area contributed by atoms with Gasteiger partial charge in [0.25, 0.3) is 5.91 Å². The van der Waals surface area contributed by atoms with Crippen molar-refractivity contribution in [1.82, 2.24) is 10.2 Å². The van der Waals surface area contributed by atoms with E-state index >= 15 is 0 Å².